The number of nitrogens with one attached hydrogen (secondary N) is 2. The van der Waals surface area contributed by atoms with Crippen molar-refractivity contribution in [2.24, 2.45) is 0 Å². The van der Waals surface area contributed by atoms with Crippen LogP contribution in [0.2, 0.25) is 0 Å². The monoisotopic (exact) mass is 563 g/mol. The minimum absolute atomic E-state index is 0.0877. The zero-order valence-electron chi connectivity index (χ0n) is 25.4. The normalized spacial score (nSPS) is 12.9. The van der Waals surface area contributed by atoms with Gasteiger partial charge in [-0.05, 0) is 82.9 Å². The van der Waals surface area contributed by atoms with E-state index in [4.69, 9.17) is 11.2 Å². The van der Waals surface area contributed by atoms with Gasteiger partial charge in [-0.3, -0.25) is 9.59 Å². The summed E-state index contributed by atoms with van der Waals surface area (Å²) >= 11 is 0. The Morgan fingerprint density at radius 3 is 2.12 bits per heavy atom. The number of carbonyl (C=O) groups is 3. The Balaban J connectivity index is 2.64. The molecule has 41 heavy (non-hydrogen) atoms. The first-order chi connectivity index (χ1) is 19.2. The van der Waals surface area contributed by atoms with Crippen molar-refractivity contribution in [2.45, 2.75) is 97.4 Å². The molecule has 3 N–H and O–H groups in total. The number of hydrogen-bond donors (Lipinski definition) is 3. The molecule has 0 aliphatic heterocycles. The lowest BCUT2D eigenvalue weighted by molar-refractivity contribution is -0.149. The highest BCUT2D eigenvalue weighted by atomic mass is 16.6. The Hall–Kier alpha value is -3.99. The molecule has 0 aliphatic carbocycles. The Morgan fingerprint density at radius 2 is 1.61 bits per heavy atom. The lowest BCUT2D eigenvalue weighted by Gasteiger charge is -2.44. The van der Waals surface area contributed by atoms with E-state index in [2.05, 4.69) is 16.6 Å². The standard InChI is InChI=1S/C33H45N3O5/c1-9-12-21-34-29(38)28(25-17-13-23(10-2)14-18-25)36(33(7,8)11-3)30(39)27(35-31(40)41-32(4,5)6)22-24-15-19-26(37)20-16-24/h2,13-20,27-28,37H,9,11-12,21-22H2,1,3-8H3,(H,34,38)(H,35,40). The molecule has 0 aliphatic rings. The lowest BCUT2D eigenvalue weighted by Crippen LogP contribution is -2.59. The highest BCUT2D eigenvalue weighted by molar-refractivity contribution is 5.93. The van der Waals surface area contributed by atoms with Crippen LogP contribution in [-0.2, 0) is 20.7 Å². The molecule has 2 atom stereocenters. The fourth-order valence-corrected chi connectivity index (χ4v) is 4.30. The number of alkyl carbamates (subject to hydrolysis) is 1. The molecule has 2 aromatic rings. The van der Waals surface area contributed by atoms with Crippen LogP contribution in [-0.4, -0.2) is 51.6 Å². The third kappa shape index (κ3) is 9.86. The van der Waals surface area contributed by atoms with Crippen molar-refractivity contribution in [3.63, 3.8) is 0 Å². The van der Waals surface area contributed by atoms with E-state index in [1.165, 1.54) is 12.1 Å². The van der Waals surface area contributed by atoms with Crippen LogP contribution in [0.15, 0.2) is 48.5 Å². The third-order valence-corrected chi connectivity index (χ3v) is 6.85. The molecule has 2 unspecified atom stereocenters. The van der Waals surface area contributed by atoms with E-state index in [0.717, 1.165) is 12.8 Å². The fraction of sp³-hybridized carbons (Fsp3) is 0.485. The maximum atomic E-state index is 14.6. The number of ether oxygens (including phenoxy) is 1. The topological polar surface area (TPSA) is 108 Å². The first kappa shape index (κ1) is 33.2. The van der Waals surface area contributed by atoms with Gasteiger partial charge in [0.2, 0.25) is 11.8 Å². The van der Waals surface area contributed by atoms with E-state index in [1.807, 2.05) is 27.7 Å². The molecule has 0 saturated carbocycles. The average Bonchev–Trinajstić information content (AvgIpc) is 2.91. The zero-order chi connectivity index (χ0) is 30.8. The number of nitrogens with zero attached hydrogens (tertiary/aromatic N) is 1. The number of phenolic OH excluding ortho intramolecular Hbond substituents is 1. The summed E-state index contributed by atoms with van der Waals surface area (Å²) in [7, 11) is 0. The Morgan fingerprint density at radius 1 is 1.00 bits per heavy atom. The van der Waals surface area contributed by atoms with Crippen LogP contribution in [0.25, 0.3) is 0 Å². The average molecular weight is 564 g/mol. The third-order valence-electron chi connectivity index (χ3n) is 6.85. The Bertz CT molecular complexity index is 1210. The van der Waals surface area contributed by atoms with Crippen LogP contribution in [0.1, 0.15) is 90.5 Å². The first-order valence-corrected chi connectivity index (χ1v) is 14.2. The number of benzene rings is 2. The second-order valence-electron chi connectivity index (χ2n) is 11.8. The van der Waals surface area contributed by atoms with E-state index in [0.29, 0.717) is 29.7 Å². The second-order valence-corrected chi connectivity index (χ2v) is 11.8. The van der Waals surface area contributed by atoms with Gasteiger partial charge in [0.15, 0.2) is 0 Å². The molecule has 3 amide bonds. The number of aromatic hydroxyl groups is 1. The van der Waals surface area contributed by atoms with E-state index in [1.54, 1.807) is 62.1 Å². The molecular formula is C33H45N3O5. The van der Waals surface area contributed by atoms with Gasteiger partial charge in [-0.1, -0.05) is 50.5 Å². The summed E-state index contributed by atoms with van der Waals surface area (Å²) in [4.78, 5) is 42.9. The molecule has 0 fully saturated rings. The van der Waals surface area contributed by atoms with Crippen molar-refractivity contribution < 1.29 is 24.2 Å². The van der Waals surface area contributed by atoms with Crippen molar-refractivity contribution in [3.05, 3.63) is 65.2 Å². The molecule has 2 rings (SSSR count). The van der Waals surface area contributed by atoms with Crippen LogP contribution in [0.4, 0.5) is 4.79 Å². The van der Waals surface area contributed by atoms with Crippen LogP contribution >= 0.6 is 0 Å². The minimum atomic E-state index is -1.06. The number of carbonyl (C=O) groups excluding carboxylic acids is 3. The van der Waals surface area contributed by atoms with Crippen LogP contribution < -0.4 is 10.6 Å². The number of amides is 3. The summed E-state index contributed by atoms with van der Waals surface area (Å²) in [6, 6.07) is 11.4. The summed E-state index contributed by atoms with van der Waals surface area (Å²) in [6.45, 7) is 13.5. The van der Waals surface area contributed by atoms with Crippen LogP contribution in [0, 0.1) is 12.3 Å². The molecule has 0 saturated heterocycles. The highest BCUT2D eigenvalue weighted by Crippen LogP contribution is 2.33. The largest absolute Gasteiger partial charge is 0.508 e. The van der Waals surface area contributed by atoms with Gasteiger partial charge in [0.05, 0.1) is 0 Å². The van der Waals surface area contributed by atoms with E-state index < -0.39 is 35.2 Å². The van der Waals surface area contributed by atoms with Crippen LogP contribution in [0.5, 0.6) is 5.75 Å². The molecule has 0 aromatic heterocycles. The van der Waals surface area contributed by atoms with Crippen molar-refractivity contribution in [2.75, 3.05) is 6.54 Å². The highest BCUT2D eigenvalue weighted by Gasteiger charge is 2.43. The molecule has 0 spiro atoms. The number of phenols is 1. The summed E-state index contributed by atoms with van der Waals surface area (Å²) in [5, 5.41) is 15.5. The van der Waals surface area contributed by atoms with Gasteiger partial charge in [0.25, 0.3) is 0 Å². The maximum absolute atomic E-state index is 14.6. The number of terminal acetylenes is 1. The summed E-state index contributed by atoms with van der Waals surface area (Å²) < 4.78 is 5.49. The molecule has 0 bridgehead atoms. The van der Waals surface area contributed by atoms with Gasteiger partial charge in [-0.2, -0.15) is 0 Å². The van der Waals surface area contributed by atoms with Crippen molar-refractivity contribution >= 4 is 17.9 Å². The molecule has 8 heteroatoms. The van der Waals surface area contributed by atoms with Crippen molar-refractivity contribution in [3.8, 4) is 18.1 Å². The quantitative estimate of drug-likeness (QED) is 0.234. The van der Waals surface area contributed by atoms with E-state index in [-0.39, 0.29) is 18.1 Å². The van der Waals surface area contributed by atoms with Gasteiger partial charge >= 0.3 is 6.09 Å². The van der Waals surface area contributed by atoms with Gasteiger partial charge in [0.1, 0.15) is 23.4 Å². The number of hydrogen-bond acceptors (Lipinski definition) is 5. The molecule has 0 radical (unpaired) electrons. The molecule has 2 aromatic carbocycles. The Kier molecular flexibility index (Phi) is 11.8. The minimum Gasteiger partial charge on any atom is -0.508 e. The summed E-state index contributed by atoms with van der Waals surface area (Å²) in [5.74, 6) is 1.92. The summed E-state index contributed by atoms with van der Waals surface area (Å²) in [6.07, 6.45) is 7.18. The number of rotatable bonds is 12. The van der Waals surface area contributed by atoms with Gasteiger partial charge in [-0.15, -0.1) is 6.42 Å². The SMILES string of the molecule is C#Cc1ccc(C(C(=O)NCCCC)N(C(=O)C(Cc2ccc(O)cc2)NC(=O)OC(C)(C)C)C(C)(C)CC)cc1. The molecular weight excluding hydrogens is 518 g/mol. The lowest BCUT2D eigenvalue weighted by atomic mass is 9.91. The van der Waals surface area contributed by atoms with Crippen LogP contribution in [0.3, 0.4) is 0 Å². The predicted octanol–water partition coefficient (Wildman–Crippen LogP) is 5.48. The fourth-order valence-electron chi connectivity index (χ4n) is 4.30. The van der Waals surface area contributed by atoms with E-state index >= 15 is 0 Å². The van der Waals surface area contributed by atoms with Gasteiger partial charge in [0, 0.05) is 24.1 Å². The molecule has 8 nitrogen and oxygen atoms in total. The zero-order valence-corrected chi connectivity index (χ0v) is 25.4. The second kappa shape index (κ2) is 14.6. The van der Waals surface area contributed by atoms with Gasteiger partial charge < -0.3 is 25.4 Å². The van der Waals surface area contributed by atoms with Gasteiger partial charge in [-0.25, -0.2) is 4.79 Å². The predicted molar refractivity (Wildman–Crippen MR) is 161 cm³/mol. The Labute approximate surface area is 244 Å². The van der Waals surface area contributed by atoms with E-state index in [9.17, 15) is 19.5 Å². The molecule has 0 heterocycles. The summed E-state index contributed by atoms with van der Waals surface area (Å²) in [5.41, 5.74) is 0.418. The number of unbranched alkanes of at least 4 members (excludes halogenated alkanes) is 1. The van der Waals surface area contributed by atoms with Crippen molar-refractivity contribution in [1.29, 1.82) is 0 Å². The molecule has 222 valence electrons. The van der Waals surface area contributed by atoms with Crippen molar-refractivity contribution in [1.82, 2.24) is 15.5 Å². The smallest absolute Gasteiger partial charge is 0.408 e. The first-order valence-electron chi connectivity index (χ1n) is 14.2. The maximum Gasteiger partial charge on any atom is 0.408 e.